The first-order valence-corrected chi connectivity index (χ1v) is 13.1. The minimum absolute atomic E-state index is 0.124. The van der Waals surface area contributed by atoms with Gasteiger partial charge >= 0.3 is 0 Å². The molecule has 3 aromatic carbocycles. The quantitative estimate of drug-likeness (QED) is 0.373. The molecule has 1 aliphatic heterocycles. The van der Waals surface area contributed by atoms with Crippen LogP contribution in [0, 0.1) is 5.92 Å². The van der Waals surface area contributed by atoms with Crippen LogP contribution in [0.1, 0.15) is 46.8 Å². The molecule has 37 heavy (non-hydrogen) atoms. The van der Waals surface area contributed by atoms with Gasteiger partial charge in [0.2, 0.25) is 0 Å². The van der Waals surface area contributed by atoms with Gasteiger partial charge in [0.15, 0.2) is 0 Å². The van der Waals surface area contributed by atoms with Crippen LogP contribution in [0.2, 0.25) is 5.02 Å². The maximum atomic E-state index is 13.8. The molecular weight excluding hydrogens is 480 g/mol. The number of halogens is 1. The van der Waals surface area contributed by atoms with Crippen LogP contribution in [0.15, 0.2) is 83.5 Å². The van der Waals surface area contributed by atoms with E-state index in [1.54, 1.807) is 17.1 Å². The molecule has 5 rings (SSSR count). The summed E-state index contributed by atoms with van der Waals surface area (Å²) in [4.78, 5) is 18.0. The summed E-state index contributed by atoms with van der Waals surface area (Å²) in [5.74, 6) is 0.0233. The van der Waals surface area contributed by atoms with Crippen molar-refractivity contribution in [3.63, 3.8) is 0 Å². The molecule has 3 aromatic rings. The van der Waals surface area contributed by atoms with Crippen LogP contribution in [0.5, 0.6) is 0 Å². The van der Waals surface area contributed by atoms with Crippen LogP contribution in [-0.2, 0) is 0 Å². The van der Waals surface area contributed by atoms with E-state index < -0.39 is 0 Å². The highest BCUT2D eigenvalue weighted by molar-refractivity contribution is 6.31. The Kier molecular flexibility index (Phi) is 7.07. The van der Waals surface area contributed by atoms with Crippen LogP contribution in [0.3, 0.4) is 0 Å². The molecule has 0 bridgehead atoms. The second-order valence-electron chi connectivity index (χ2n) is 10.2. The molecule has 5 nitrogen and oxygen atoms in total. The van der Waals surface area contributed by atoms with E-state index in [4.69, 9.17) is 16.7 Å². The molecule has 1 aliphatic carbocycles. The summed E-state index contributed by atoms with van der Waals surface area (Å²) in [6.07, 6.45) is 5.26. The average molecular weight is 513 g/mol. The number of allylic oxidation sites excluding steroid dienone is 1. The third kappa shape index (κ3) is 5.14. The zero-order chi connectivity index (χ0) is 26.1. The fraction of sp³-hybridized carbons (Fsp3) is 0.290. The number of nitrogens with zero attached hydrogens (tertiary/aromatic N) is 4. The van der Waals surface area contributed by atoms with Gasteiger partial charge in [-0.15, -0.1) is 0 Å². The molecule has 1 saturated carbocycles. The van der Waals surface area contributed by atoms with Crippen molar-refractivity contribution < 1.29 is 4.79 Å². The van der Waals surface area contributed by atoms with Crippen molar-refractivity contribution in [3.05, 3.63) is 100 Å². The molecule has 0 saturated heterocycles. The van der Waals surface area contributed by atoms with Crippen molar-refractivity contribution in [1.29, 1.82) is 0 Å². The molecule has 1 heterocycles. The van der Waals surface area contributed by atoms with Crippen LogP contribution < -0.4 is 9.80 Å². The predicted molar refractivity (Wildman–Crippen MR) is 155 cm³/mol. The Morgan fingerprint density at radius 2 is 1.59 bits per heavy atom. The Morgan fingerprint density at radius 3 is 2.22 bits per heavy atom. The lowest BCUT2D eigenvalue weighted by molar-refractivity contribution is 0.0681. The Hall–Kier alpha value is -3.57. The van der Waals surface area contributed by atoms with Crippen LogP contribution in [0.4, 0.5) is 11.4 Å². The van der Waals surface area contributed by atoms with Crippen molar-refractivity contribution in [2.75, 3.05) is 38.0 Å². The number of carbonyl (C=O) groups excluding carboxylic acids is 1. The molecule has 0 aromatic heterocycles. The second-order valence-corrected chi connectivity index (χ2v) is 10.7. The number of hydrogen-bond donors (Lipinski definition) is 0. The smallest absolute Gasteiger partial charge is 0.274 e. The van der Waals surface area contributed by atoms with Crippen LogP contribution in [-0.4, -0.2) is 44.8 Å². The zero-order valence-electron chi connectivity index (χ0n) is 21.9. The highest BCUT2D eigenvalue weighted by atomic mass is 35.5. The summed E-state index contributed by atoms with van der Waals surface area (Å²) >= 11 is 6.24. The summed E-state index contributed by atoms with van der Waals surface area (Å²) in [7, 11) is 8.15. The van der Waals surface area contributed by atoms with Crippen LogP contribution >= 0.6 is 11.6 Å². The Bertz CT molecular complexity index is 1340. The van der Waals surface area contributed by atoms with Gasteiger partial charge in [-0.25, -0.2) is 5.01 Å². The van der Waals surface area contributed by atoms with E-state index in [9.17, 15) is 4.79 Å². The van der Waals surface area contributed by atoms with Crippen molar-refractivity contribution in [3.8, 4) is 0 Å². The molecule has 1 amide bonds. The second kappa shape index (κ2) is 10.4. The lowest BCUT2D eigenvalue weighted by Crippen LogP contribution is -2.32. The first kappa shape index (κ1) is 25.1. The fourth-order valence-electron chi connectivity index (χ4n) is 5.29. The van der Waals surface area contributed by atoms with E-state index in [-0.39, 0.29) is 17.9 Å². The Morgan fingerprint density at radius 1 is 0.946 bits per heavy atom. The van der Waals surface area contributed by atoms with E-state index in [1.807, 2.05) is 40.3 Å². The van der Waals surface area contributed by atoms with E-state index in [1.165, 1.54) is 11.3 Å². The summed E-state index contributed by atoms with van der Waals surface area (Å²) in [5, 5.41) is 7.27. The van der Waals surface area contributed by atoms with Gasteiger partial charge in [-0.3, -0.25) is 4.79 Å². The Balaban J connectivity index is 1.55. The number of carbonyl (C=O) groups is 1. The van der Waals surface area contributed by atoms with Crippen molar-refractivity contribution >= 4 is 40.7 Å². The number of hydrazone groups is 1. The van der Waals surface area contributed by atoms with Gasteiger partial charge in [-0.1, -0.05) is 41.9 Å². The fourth-order valence-corrected chi connectivity index (χ4v) is 5.48. The van der Waals surface area contributed by atoms with Gasteiger partial charge in [0.1, 0.15) is 0 Å². The van der Waals surface area contributed by atoms with E-state index in [0.717, 1.165) is 41.8 Å². The van der Waals surface area contributed by atoms with Crippen LogP contribution in [0.25, 0.3) is 6.08 Å². The van der Waals surface area contributed by atoms with E-state index >= 15 is 0 Å². The average Bonchev–Trinajstić information content (AvgIpc) is 3.29. The highest BCUT2D eigenvalue weighted by Crippen LogP contribution is 2.45. The topological polar surface area (TPSA) is 39.1 Å². The minimum atomic E-state index is -0.155. The summed E-state index contributed by atoms with van der Waals surface area (Å²) in [6, 6.07) is 24.0. The monoisotopic (exact) mass is 512 g/mol. The predicted octanol–water partition coefficient (Wildman–Crippen LogP) is 6.91. The van der Waals surface area contributed by atoms with Crippen molar-refractivity contribution in [2.24, 2.45) is 11.0 Å². The molecule has 190 valence electrons. The Labute approximate surface area is 224 Å². The molecule has 2 atom stereocenters. The van der Waals surface area contributed by atoms with Gasteiger partial charge in [-0.2, -0.15) is 5.10 Å². The number of rotatable bonds is 5. The third-order valence-corrected chi connectivity index (χ3v) is 7.52. The largest absolute Gasteiger partial charge is 0.378 e. The molecule has 0 unspecified atom stereocenters. The lowest BCUT2D eigenvalue weighted by Gasteiger charge is -2.30. The van der Waals surface area contributed by atoms with Gasteiger partial charge in [0, 0.05) is 56.1 Å². The SMILES string of the molecule is CN(C)c1ccc(/C=C2\CCC[C@H]3C2=NN(C(=O)c2cccc(Cl)c2)[C@H]3c2ccc(N(C)C)cc2)cc1. The maximum Gasteiger partial charge on any atom is 0.274 e. The number of benzene rings is 3. The molecule has 1 fully saturated rings. The van der Waals surface area contributed by atoms with E-state index in [0.29, 0.717) is 10.6 Å². The molecule has 0 spiro atoms. The van der Waals surface area contributed by atoms with Crippen molar-refractivity contribution in [1.82, 2.24) is 5.01 Å². The van der Waals surface area contributed by atoms with E-state index in [2.05, 4.69) is 64.4 Å². The first-order chi connectivity index (χ1) is 17.8. The van der Waals surface area contributed by atoms with Gasteiger partial charge in [0.25, 0.3) is 5.91 Å². The molecule has 0 N–H and O–H groups in total. The normalized spacial score (nSPS) is 20.0. The number of fused-ring (bicyclic) bond motifs is 1. The zero-order valence-corrected chi connectivity index (χ0v) is 22.6. The minimum Gasteiger partial charge on any atom is -0.378 e. The van der Waals surface area contributed by atoms with Crippen molar-refractivity contribution in [2.45, 2.75) is 25.3 Å². The highest BCUT2D eigenvalue weighted by Gasteiger charge is 2.44. The molecular formula is C31H33ClN4O. The number of hydrogen-bond acceptors (Lipinski definition) is 4. The third-order valence-electron chi connectivity index (χ3n) is 7.28. The summed E-state index contributed by atoms with van der Waals surface area (Å²) in [6.45, 7) is 0. The summed E-state index contributed by atoms with van der Waals surface area (Å²) in [5.41, 5.74) is 7.33. The lowest BCUT2D eigenvalue weighted by atomic mass is 9.77. The summed E-state index contributed by atoms with van der Waals surface area (Å²) < 4.78 is 0. The number of amides is 1. The molecule has 0 radical (unpaired) electrons. The van der Waals surface area contributed by atoms with Gasteiger partial charge in [0.05, 0.1) is 11.8 Å². The number of anilines is 2. The first-order valence-electron chi connectivity index (χ1n) is 12.7. The maximum absolute atomic E-state index is 13.8. The van der Waals surface area contributed by atoms with Gasteiger partial charge in [-0.05, 0) is 84.5 Å². The standard InChI is InChI=1S/C31H33ClN4O/c1-34(2)26-15-11-21(12-16-26)19-23-7-6-10-28-29(23)33-36(31(37)24-8-5-9-25(32)20-24)30(28)22-13-17-27(18-14-22)35(3)4/h5,8-9,11-20,28,30H,6-7,10H2,1-4H3/b23-19+/t28-,30-/m0/s1. The molecule has 2 aliphatic rings. The van der Waals surface area contributed by atoms with Gasteiger partial charge < -0.3 is 9.80 Å². The molecule has 6 heteroatoms.